The Bertz CT molecular complexity index is 3040. The Balaban J connectivity index is 1.15. The standard InChI is InChI=1S/C45H27N3O2S/c1-2-12-26(13-3-1)43-46-44(33-20-10-23-36-39(33)31-15-4-6-22-35(31)49-36)48-45(47-43)34-21-11-24-37-40(34)32-19-8-16-28(41(32)50-37)30-18-9-17-29-27-14-5-7-25-38(27)51-42(29)30/h1-9,11-22,24-25H,10,23H2. The number of aryl methyl sites for hydroxylation is 1. The minimum atomic E-state index is 0.602. The molecule has 0 spiro atoms. The van der Waals surface area contributed by atoms with Crippen LogP contribution in [0.3, 0.4) is 0 Å². The number of rotatable bonds is 4. The molecule has 6 heteroatoms. The number of para-hydroxylation sites is 2. The number of benzene rings is 6. The van der Waals surface area contributed by atoms with Crippen LogP contribution in [0.5, 0.6) is 0 Å². The van der Waals surface area contributed by atoms with Crippen LogP contribution in [-0.4, -0.2) is 15.0 Å². The fraction of sp³-hybridized carbons (Fsp3) is 0.0444. The highest BCUT2D eigenvalue weighted by molar-refractivity contribution is 7.26. The molecule has 0 unspecified atom stereocenters. The summed E-state index contributed by atoms with van der Waals surface area (Å²) in [5, 5.41) is 5.63. The zero-order chi connectivity index (χ0) is 33.5. The van der Waals surface area contributed by atoms with E-state index >= 15 is 0 Å². The van der Waals surface area contributed by atoms with Crippen LogP contribution in [0, 0.1) is 0 Å². The SMILES string of the molecule is C1=C(c2nc(-c3ccccc3)nc(-c3cccc4oc5c(-c6cccc7c6sc6ccccc67)cccc5c34)n2)c2c(oc3ccccc23)CC1. The van der Waals surface area contributed by atoms with E-state index in [9.17, 15) is 0 Å². The van der Waals surface area contributed by atoms with Gasteiger partial charge in [-0.2, -0.15) is 0 Å². The van der Waals surface area contributed by atoms with Gasteiger partial charge >= 0.3 is 0 Å². The Morgan fingerprint density at radius 3 is 2.12 bits per heavy atom. The topological polar surface area (TPSA) is 65.0 Å². The van der Waals surface area contributed by atoms with Crippen molar-refractivity contribution in [1.29, 1.82) is 0 Å². The summed E-state index contributed by atoms with van der Waals surface area (Å²) in [5.74, 6) is 2.83. The van der Waals surface area contributed by atoms with Gasteiger partial charge in [0.05, 0.1) is 0 Å². The molecular weight excluding hydrogens is 647 g/mol. The highest BCUT2D eigenvalue weighted by Crippen LogP contribution is 2.45. The van der Waals surface area contributed by atoms with Crippen molar-refractivity contribution in [3.05, 3.63) is 157 Å². The molecule has 0 fully saturated rings. The molecular formula is C45H27N3O2S. The lowest BCUT2D eigenvalue weighted by atomic mass is 9.93. The van der Waals surface area contributed by atoms with Crippen molar-refractivity contribution >= 4 is 70.0 Å². The smallest absolute Gasteiger partial charge is 0.164 e. The van der Waals surface area contributed by atoms with E-state index in [0.29, 0.717) is 17.5 Å². The van der Waals surface area contributed by atoms with E-state index < -0.39 is 0 Å². The second kappa shape index (κ2) is 11.1. The fourth-order valence-electron chi connectivity index (χ4n) is 7.76. The number of aromatic nitrogens is 3. The first-order valence-corrected chi connectivity index (χ1v) is 18.0. The van der Waals surface area contributed by atoms with E-state index in [2.05, 4.69) is 84.9 Å². The van der Waals surface area contributed by atoms with E-state index in [-0.39, 0.29) is 0 Å². The first kappa shape index (κ1) is 28.5. The van der Waals surface area contributed by atoms with Gasteiger partial charge in [0.15, 0.2) is 17.5 Å². The number of furan rings is 2. The Morgan fingerprint density at radius 1 is 0.510 bits per heavy atom. The molecule has 10 aromatic rings. The summed E-state index contributed by atoms with van der Waals surface area (Å²) >= 11 is 1.83. The molecule has 1 aliphatic rings. The van der Waals surface area contributed by atoms with Gasteiger partial charge in [0, 0.05) is 76.1 Å². The maximum absolute atomic E-state index is 6.78. The summed E-state index contributed by atoms with van der Waals surface area (Å²) in [7, 11) is 0. The lowest BCUT2D eigenvalue weighted by molar-refractivity contribution is 0.545. The van der Waals surface area contributed by atoms with Crippen LogP contribution >= 0.6 is 11.3 Å². The molecule has 11 rings (SSSR count). The Labute approximate surface area is 296 Å². The van der Waals surface area contributed by atoms with Crippen molar-refractivity contribution in [2.45, 2.75) is 12.8 Å². The van der Waals surface area contributed by atoms with Crippen LogP contribution in [0.2, 0.25) is 0 Å². The molecule has 0 saturated carbocycles. The predicted molar refractivity (Wildman–Crippen MR) is 208 cm³/mol. The number of hydrogen-bond donors (Lipinski definition) is 0. The van der Waals surface area contributed by atoms with Crippen LogP contribution < -0.4 is 0 Å². The third-order valence-corrected chi connectivity index (χ3v) is 11.2. The third-order valence-electron chi connectivity index (χ3n) is 10.0. The van der Waals surface area contributed by atoms with Gasteiger partial charge in [-0.1, -0.05) is 121 Å². The van der Waals surface area contributed by atoms with Crippen LogP contribution in [0.1, 0.15) is 23.6 Å². The Kier molecular flexibility index (Phi) is 6.18. The molecule has 4 heterocycles. The molecule has 6 aromatic carbocycles. The first-order chi connectivity index (χ1) is 25.3. The number of hydrogen-bond acceptors (Lipinski definition) is 6. The summed E-state index contributed by atoms with van der Waals surface area (Å²) in [6.07, 6.45) is 3.93. The summed E-state index contributed by atoms with van der Waals surface area (Å²) in [5.41, 5.74) is 8.64. The average molecular weight is 674 g/mol. The average Bonchev–Trinajstić information content (AvgIpc) is 3.89. The molecule has 51 heavy (non-hydrogen) atoms. The van der Waals surface area contributed by atoms with E-state index in [4.69, 9.17) is 23.8 Å². The van der Waals surface area contributed by atoms with Crippen molar-refractivity contribution in [3.63, 3.8) is 0 Å². The molecule has 1 aliphatic carbocycles. The zero-order valence-corrected chi connectivity index (χ0v) is 28.1. The maximum atomic E-state index is 6.78. The number of thiophene rings is 1. The van der Waals surface area contributed by atoms with Crippen molar-refractivity contribution in [3.8, 4) is 33.9 Å². The van der Waals surface area contributed by atoms with Gasteiger partial charge in [0.2, 0.25) is 0 Å². The van der Waals surface area contributed by atoms with E-state index in [1.807, 2.05) is 65.9 Å². The van der Waals surface area contributed by atoms with E-state index in [1.165, 1.54) is 25.7 Å². The second-order valence-electron chi connectivity index (χ2n) is 13.0. The van der Waals surface area contributed by atoms with Crippen LogP contribution in [-0.2, 0) is 6.42 Å². The predicted octanol–water partition coefficient (Wildman–Crippen LogP) is 12.3. The summed E-state index contributed by atoms with van der Waals surface area (Å²) < 4.78 is 15.7. The molecule has 0 bridgehead atoms. The Morgan fingerprint density at radius 2 is 1.20 bits per heavy atom. The molecule has 0 aliphatic heterocycles. The summed E-state index contributed by atoms with van der Waals surface area (Å²) in [4.78, 5) is 15.5. The minimum absolute atomic E-state index is 0.602. The molecule has 0 radical (unpaired) electrons. The molecule has 0 amide bonds. The lowest BCUT2D eigenvalue weighted by Crippen LogP contribution is -2.06. The summed E-state index contributed by atoms with van der Waals surface area (Å²) in [6.45, 7) is 0. The molecule has 5 nitrogen and oxygen atoms in total. The van der Waals surface area contributed by atoms with Gasteiger partial charge in [-0.25, -0.2) is 15.0 Å². The van der Waals surface area contributed by atoms with Gasteiger partial charge in [-0.05, 0) is 24.6 Å². The quantitative estimate of drug-likeness (QED) is 0.186. The molecule has 0 atom stereocenters. The Hall–Kier alpha value is -6.37. The fourth-order valence-corrected chi connectivity index (χ4v) is 8.99. The monoisotopic (exact) mass is 673 g/mol. The van der Waals surface area contributed by atoms with E-state index in [0.717, 1.165) is 79.3 Å². The lowest BCUT2D eigenvalue weighted by Gasteiger charge is -2.14. The van der Waals surface area contributed by atoms with Gasteiger partial charge in [0.1, 0.15) is 22.5 Å². The zero-order valence-electron chi connectivity index (χ0n) is 27.3. The highest BCUT2D eigenvalue weighted by Gasteiger charge is 2.26. The van der Waals surface area contributed by atoms with Crippen molar-refractivity contribution in [2.75, 3.05) is 0 Å². The minimum Gasteiger partial charge on any atom is -0.460 e. The molecule has 4 aromatic heterocycles. The molecule has 0 N–H and O–H groups in total. The summed E-state index contributed by atoms with van der Waals surface area (Å²) in [6, 6.07) is 46.1. The maximum Gasteiger partial charge on any atom is 0.164 e. The van der Waals surface area contributed by atoms with Gasteiger partial charge in [0.25, 0.3) is 0 Å². The molecule has 0 saturated heterocycles. The van der Waals surface area contributed by atoms with Crippen molar-refractivity contribution < 1.29 is 8.83 Å². The van der Waals surface area contributed by atoms with Crippen LogP contribution in [0.15, 0.2) is 148 Å². The largest absolute Gasteiger partial charge is 0.460 e. The van der Waals surface area contributed by atoms with Gasteiger partial charge < -0.3 is 8.83 Å². The number of fused-ring (bicyclic) bond motifs is 9. The van der Waals surface area contributed by atoms with Crippen LogP contribution in [0.25, 0.3) is 92.6 Å². The van der Waals surface area contributed by atoms with Crippen LogP contribution in [0.4, 0.5) is 0 Å². The molecule has 240 valence electrons. The van der Waals surface area contributed by atoms with Gasteiger partial charge in [-0.3, -0.25) is 0 Å². The van der Waals surface area contributed by atoms with Crippen molar-refractivity contribution in [1.82, 2.24) is 15.0 Å². The second-order valence-corrected chi connectivity index (χ2v) is 14.0. The van der Waals surface area contributed by atoms with E-state index in [1.54, 1.807) is 0 Å². The third kappa shape index (κ3) is 4.36. The van der Waals surface area contributed by atoms with Crippen molar-refractivity contribution in [2.24, 2.45) is 0 Å². The first-order valence-electron chi connectivity index (χ1n) is 17.2. The van der Waals surface area contributed by atoms with Gasteiger partial charge in [-0.15, -0.1) is 11.3 Å². The highest BCUT2D eigenvalue weighted by atomic mass is 32.1. The number of nitrogens with zero attached hydrogens (tertiary/aromatic N) is 3. The number of allylic oxidation sites excluding steroid dienone is 1. The normalized spacial score (nSPS) is 13.1.